The Morgan fingerprint density at radius 3 is 1.96 bits per heavy atom. The zero-order chi connectivity index (χ0) is 18.0. The van der Waals surface area contributed by atoms with E-state index in [-0.39, 0.29) is 23.0 Å². The normalized spacial score (nSPS) is 19.6. The number of carbonyl (C=O) groups excluding carboxylic acids is 2. The van der Waals surface area contributed by atoms with Gasteiger partial charge in [0, 0.05) is 24.6 Å². The van der Waals surface area contributed by atoms with Crippen LogP contribution in [-0.2, 0) is 10.2 Å². The van der Waals surface area contributed by atoms with Crippen LogP contribution in [0.2, 0.25) is 0 Å². The number of hydrogen-bond donors (Lipinski definition) is 0. The Labute approximate surface area is 155 Å². The van der Waals surface area contributed by atoms with E-state index in [1.54, 1.807) is 0 Å². The molecular formula is C23H25NO2. The van der Waals surface area contributed by atoms with Gasteiger partial charge in [-0.05, 0) is 31.2 Å². The molecule has 1 aliphatic carbocycles. The van der Waals surface area contributed by atoms with Crippen LogP contribution in [0, 0.1) is 5.92 Å². The fourth-order valence-electron chi connectivity index (χ4n) is 4.40. The first-order valence-corrected chi connectivity index (χ1v) is 9.65. The Kier molecular flexibility index (Phi) is 4.62. The highest BCUT2D eigenvalue weighted by Crippen LogP contribution is 2.45. The number of amides is 1. The van der Waals surface area contributed by atoms with Gasteiger partial charge in [-0.3, -0.25) is 9.59 Å². The minimum Gasteiger partial charge on any atom is -0.342 e. The van der Waals surface area contributed by atoms with E-state index in [1.165, 1.54) is 0 Å². The highest BCUT2D eigenvalue weighted by atomic mass is 16.2. The van der Waals surface area contributed by atoms with Crippen molar-refractivity contribution in [3.05, 3.63) is 71.8 Å². The second kappa shape index (κ2) is 7.06. The highest BCUT2D eigenvalue weighted by molar-refractivity contribution is 5.98. The molecule has 0 spiro atoms. The number of nitrogens with zero attached hydrogens (tertiary/aromatic N) is 1. The molecule has 2 fully saturated rings. The summed E-state index contributed by atoms with van der Waals surface area (Å²) >= 11 is 0. The van der Waals surface area contributed by atoms with E-state index in [2.05, 4.69) is 12.1 Å². The van der Waals surface area contributed by atoms with Gasteiger partial charge >= 0.3 is 0 Å². The molecule has 1 aliphatic heterocycles. The van der Waals surface area contributed by atoms with Crippen molar-refractivity contribution in [3.63, 3.8) is 0 Å². The van der Waals surface area contributed by atoms with Crippen molar-refractivity contribution < 1.29 is 9.59 Å². The smallest absolute Gasteiger partial charge is 0.233 e. The number of carbonyl (C=O) groups is 2. The molecule has 2 aromatic rings. The van der Waals surface area contributed by atoms with Gasteiger partial charge in [-0.2, -0.15) is 0 Å². The fourth-order valence-corrected chi connectivity index (χ4v) is 4.40. The molecule has 4 rings (SSSR count). The Morgan fingerprint density at radius 1 is 0.846 bits per heavy atom. The van der Waals surface area contributed by atoms with Crippen LogP contribution >= 0.6 is 0 Å². The lowest BCUT2D eigenvalue weighted by atomic mass is 9.63. The van der Waals surface area contributed by atoms with E-state index >= 15 is 0 Å². The molecule has 134 valence electrons. The zero-order valence-corrected chi connectivity index (χ0v) is 15.1. The van der Waals surface area contributed by atoms with Crippen molar-refractivity contribution in [3.8, 4) is 0 Å². The van der Waals surface area contributed by atoms with Crippen molar-refractivity contribution in [1.82, 2.24) is 4.90 Å². The van der Waals surface area contributed by atoms with Gasteiger partial charge in [-0.15, -0.1) is 0 Å². The molecule has 0 N–H and O–H groups in total. The number of ketones is 1. The van der Waals surface area contributed by atoms with Gasteiger partial charge in [0.1, 0.15) is 0 Å². The predicted octanol–water partition coefficient (Wildman–Crippen LogP) is 4.23. The third-order valence-corrected chi connectivity index (χ3v) is 6.15. The van der Waals surface area contributed by atoms with E-state index in [0.29, 0.717) is 13.1 Å². The van der Waals surface area contributed by atoms with E-state index in [0.717, 1.165) is 43.2 Å². The minimum atomic E-state index is -0.322. The summed E-state index contributed by atoms with van der Waals surface area (Å²) in [6.07, 6.45) is 4.54. The maximum Gasteiger partial charge on any atom is 0.233 e. The second-order valence-corrected chi connectivity index (χ2v) is 7.60. The van der Waals surface area contributed by atoms with Crippen LogP contribution in [0.4, 0.5) is 0 Å². The SMILES string of the molecule is O=C(c1ccccc1)C1CCN(C(=O)C2(c3ccccc3)CCC2)CC1. The summed E-state index contributed by atoms with van der Waals surface area (Å²) in [5.41, 5.74) is 1.62. The summed E-state index contributed by atoms with van der Waals surface area (Å²) in [6.45, 7) is 1.38. The van der Waals surface area contributed by atoms with E-state index in [9.17, 15) is 9.59 Å². The Bertz CT molecular complexity index is 772. The molecule has 1 amide bonds. The number of Topliss-reactive ketones (excluding diaryl/α,β-unsaturated/α-hetero) is 1. The molecule has 26 heavy (non-hydrogen) atoms. The first-order valence-electron chi connectivity index (χ1n) is 9.65. The Morgan fingerprint density at radius 2 is 1.42 bits per heavy atom. The van der Waals surface area contributed by atoms with Gasteiger partial charge in [-0.1, -0.05) is 67.1 Å². The van der Waals surface area contributed by atoms with E-state index in [4.69, 9.17) is 0 Å². The van der Waals surface area contributed by atoms with Crippen LogP contribution in [0.3, 0.4) is 0 Å². The molecule has 2 aromatic carbocycles. The van der Waals surface area contributed by atoms with Gasteiger partial charge in [0.2, 0.25) is 5.91 Å². The van der Waals surface area contributed by atoms with Gasteiger partial charge in [0.25, 0.3) is 0 Å². The molecule has 1 saturated heterocycles. The summed E-state index contributed by atoms with van der Waals surface area (Å²) in [5, 5.41) is 0. The van der Waals surface area contributed by atoms with Gasteiger partial charge in [-0.25, -0.2) is 0 Å². The van der Waals surface area contributed by atoms with Gasteiger partial charge < -0.3 is 4.90 Å². The molecule has 1 saturated carbocycles. The minimum absolute atomic E-state index is 0.0375. The molecule has 2 aliphatic rings. The number of rotatable bonds is 4. The first kappa shape index (κ1) is 17.0. The number of likely N-dealkylation sites (tertiary alicyclic amines) is 1. The molecule has 0 radical (unpaired) electrons. The zero-order valence-electron chi connectivity index (χ0n) is 15.1. The lowest BCUT2D eigenvalue weighted by molar-refractivity contribution is -0.142. The molecular weight excluding hydrogens is 322 g/mol. The molecule has 0 atom stereocenters. The molecule has 1 heterocycles. The van der Waals surface area contributed by atoms with Crippen molar-refractivity contribution >= 4 is 11.7 Å². The lowest BCUT2D eigenvalue weighted by Crippen LogP contribution is -2.53. The lowest BCUT2D eigenvalue weighted by Gasteiger charge is -2.45. The maximum atomic E-state index is 13.3. The van der Waals surface area contributed by atoms with Crippen molar-refractivity contribution in [2.75, 3.05) is 13.1 Å². The molecule has 3 nitrogen and oxygen atoms in total. The summed E-state index contributed by atoms with van der Waals surface area (Å²) in [5.74, 6) is 0.523. The summed E-state index contributed by atoms with van der Waals surface area (Å²) in [7, 11) is 0. The fraction of sp³-hybridized carbons (Fsp3) is 0.391. The largest absolute Gasteiger partial charge is 0.342 e. The quantitative estimate of drug-likeness (QED) is 0.776. The van der Waals surface area contributed by atoms with Crippen LogP contribution in [0.5, 0.6) is 0 Å². The monoisotopic (exact) mass is 347 g/mol. The summed E-state index contributed by atoms with van der Waals surface area (Å²) in [6, 6.07) is 19.7. The van der Waals surface area contributed by atoms with E-state index in [1.807, 2.05) is 53.4 Å². The average molecular weight is 347 g/mol. The molecule has 3 heteroatoms. The third kappa shape index (κ3) is 2.96. The number of benzene rings is 2. The summed E-state index contributed by atoms with van der Waals surface area (Å²) < 4.78 is 0. The second-order valence-electron chi connectivity index (χ2n) is 7.60. The standard InChI is InChI=1S/C23H25NO2/c25-21(18-8-3-1-4-9-18)19-12-16-24(17-13-19)22(26)23(14-7-15-23)20-10-5-2-6-11-20/h1-6,8-11,19H,7,12-17H2. The Hall–Kier alpha value is -2.42. The van der Waals surface area contributed by atoms with Crippen LogP contribution < -0.4 is 0 Å². The van der Waals surface area contributed by atoms with Crippen molar-refractivity contribution in [2.45, 2.75) is 37.5 Å². The molecule has 0 unspecified atom stereocenters. The third-order valence-electron chi connectivity index (χ3n) is 6.15. The van der Waals surface area contributed by atoms with Gasteiger partial charge in [0.05, 0.1) is 5.41 Å². The van der Waals surface area contributed by atoms with Crippen molar-refractivity contribution in [2.24, 2.45) is 5.92 Å². The number of piperidine rings is 1. The summed E-state index contributed by atoms with van der Waals surface area (Å²) in [4.78, 5) is 27.9. The number of hydrogen-bond acceptors (Lipinski definition) is 2. The van der Waals surface area contributed by atoms with Crippen LogP contribution in [0.25, 0.3) is 0 Å². The predicted molar refractivity (Wildman–Crippen MR) is 102 cm³/mol. The maximum absolute atomic E-state index is 13.3. The van der Waals surface area contributed by atoms with Crippen molar-refractivity contribution in [1.29, 1.82) is 0 Å². The van der Waals surface area contributed by atoms with Crippen LogP contribution in [-0.4, -0.2) is 29.7 Å². The van der Waals surface area contributed by atoms with E-state index < -0.39 is 0 Å². The first-order chi connectivity index (χ1) is 12.7. The van der Waals surface area contributed by atoms with Crippen LogP contribution in [0.15, 0.2) is 60.7 Å². The average Bonchev–Trinajstić information content (AvgIpc) is 2.68. The van der Waals surface area contributed by atoms with Crippen LogP contribution in [0.1, 0.15) is 48.0 Å². The molecule has 0 aromatic heterocycles. The van der Waals surface area contributed by atoms with Gasteiger partial charge in [0.15, 0.2) is 5.78 Å². The highest BCUT2D eigenvalue weighted by Gasteiger charge is 2.48. The Balaban J connectivity index is 1.43. The molecule has 0 bridgehead atoms. The topological polar surface area (TPSA) is 37.4 Å².